The Morgan fingerprint density at radius 3 is 2.48 bits per heavy atom. The number of piperazine rings is 1. The maximum Gasteiger partial charge on any atom is 0.317 e. The van der Waals surface area contributed by atoms with E-state index < -0.39 is 0 Å². The van der Waals surface area contributed by atoms with Crippen LogP contribution in [0.5, 0.6) is 0 Å². The maximum atomic E-state index is 12.1. The highest BCUT2D eigenvalue weighted by Crippen LogP contribution is 2.23. The van der Waals surface area contributed by atoms with Crippen LogP contribution in [0.25, 0.3) is 0 Å². The monoisotopic (exact) mass is 289 g/mol. The quantitative estimate of drug-likeness (QED) is 0.928. The van der Waals surface area contributed by atoms with Crippen molar-refractivity contribution in [3.8, 4) is 0 Å². The Hall–Kier alpha value is -1.71. The minimum absolute atomic E-state index is 0.0734. The summed E-state index contributed by atoms with van der Waals surface area (Å²) in [5.74, 6) is 0.491. The Morgan fingerprint density at radius 1 is 1.19 bits per heavy atom. The van der Waals surface area contributed by atoms with Gasteiger partial charge in [-0.05, 0) is 37.0 Å². The molecule has 1 aromatic carbocycles. The van der Waals surface area contributed by atoms with E-state index in [9.17, 15) is 4.79 Å². The smallest absolute Gasteiger partial charge is 0.317 e. The predicted octanol–water partition coefficient (Wildman–Crippen LogP) is 2.79. The van der Waals surface area contributed by atoms with Gasteiger partial charge in [-0.3, -0.25) is 0 Å². The van der Waals surface area contributed by atoms with E-state index in [1.54, 1.807) is 0 Å². The van der Waals surface area contributed by atoms with E-state index in [2.05, 4.69) is 56.1 Å². The van der Waals surface area contributed by atoms with Crippen molar-refractivity contribution >= 4 is 11.7 Å². The fourth-order valence-corrected chi connectivity index (χ4v) is 2.63. The van der Waals surface area contributed by atoms with E-state index in [-0.39, 0.29) is 6.03 Å². The lowest BCUT2D eigenvalue weighted by Gasteiger charge is -2.37. The molecule has 0 unspecified atom stereocenters. The summed E-state index contributed by atoms with van der Waals surface area (Å²) in [4.78, 5) is 16.4. The summed E-state index contributed by atoms with van der Waals surface area (Å²) < 4.78 is 0. The van der Waals surface area contributed by atoms with Crippen LogP contribution in [0.15, 0.2) is 18.2 Å². The van der Waals surface area contributed by atoms with Crippen molar-refractivity contribution in [1.82, 2.24) is 10.2 Å². The number of anilines is 1. The predicted molar refractivity (Wildman–Crippen MR) is 87.9 cm³/mol. The molecule has 0 atom stereocenters. The van der Waals surface area contributed by atoms with Crippen molar-refractivity contribution in [3.63, 3.8) is 0 Å². The van der Waals surface area contributed by atoms with Gasteiger partial charge in [0, 0.05) is 38.4 Å². The van der Waals surface area contributed by atoms with Crippen LogP contribution < -0.4 is 10.2 Å². The standard InChI is InChI=1S/C17H27N3O/c1-13(2)12-18-17(21)20-10-8-19(9-11-20)16-7-5-6-14(3)15(16)4/h5-7,13H,8-12H2,1-4H3,(H,18,21). The number of nitrogens with zero attached hydrogens (tertiary/aromatic N) is 2. The summed E-state index contributed by atoms with van der Waals surface area (Å²) in [5.41, 5.74) is 3.97. The third-order valence-electron chi connectivity index (χ3n) is 4.15. The highest BCUT2D eigenvalue weighted by molar-refractivity contribution is 5.74. The normalized spacial score (nSPS) is 15.5. The third kappa shape index (κ3) is 3.90. The highest BCUT2D eigenvalue weighted by Gasteiger charge is 2.22. The second kappa shape index (κ2) is 6.83. The molecule has 1 N–H and O–H groups in total. The van der Waals surface area contributed by atoms with E-state index in [0.29, 0.717) is 5.92 Å². The Kier molecular flexibility index (Phi) is 5.10. The van der Waals surface area contributed by atoms with Gasteiger partial charge in [-0.15, -0.1) is 0 Å². The number of urea groups is 1. The summed E-state index contributed by atoms with van der Waals surface area (Å²) in [6.45, 7) is 12.7. The van der Waals surface area contributed by atoms with Crippen LogP contribution in [0.1, 0.15) is 25.0 Å². The summed E-state index contributed by atoms with van der Waals surface area (Å²) >= 11 is 0. The first-order valence-electron chi connectivity index (χ1n) is 7.83. The second-order valence-electron chi connectivity index (χ2n) is 6.27. The van der Waals surface area contributed by atoms with Crippen LogP contribution in [0.4, 0.5) is 10.5 Å². The largest absolute Gasteiger partial charge is 0.368 e. The molecule has 21 heavy (non-hydrogen) atoms. The van der Waals surface area contributed by atoms with Crippen LogP contribution in [-0.4, -0.2) is 43.7 Å². The minimum Gasteiger partial charge on any atom is -0.368 e. The third-order valence-corrected chi connectivity index (χ3v) is 4.15. The maximum absolute atomic E-state index is 12.1. The number of amides is 2. The van der Waals surface area contributed by atoms with Crippen molar-refractivity contribution < 1.29 is 4.79 Å². The van der Waals surface area contributed by atoms with Gasteiger partial charge in [-0.25, -0.2) is 4.79 Å². The first-order chi connectivity index (χ1) is 9.99. The molecule has 1 heterocycles. The first kappa shape index (κ1) is 15.7. The Morgan fingerprint density at radius 2 is 1.86 bits per heavy atom. The van der Waals surface area contributed by atoms with Crippen molar-refractivity contribution in [2.75, 3.05) is 37.6 Å². The average molecular weight is 289 g/mol. The molecule has 0 aliphatic carbocycles. The van der Waals surface area contributed by atoms with Gasteiger partial charge in [0.1, 0.15) is 0 Å². The summed E-state index contributed by atoms with van der Waals surface area (Å²) in [5, 5.41) is 3.00. The molecule has 1 aromatic rings. The molecular weight excluding hydrogens is 262 g/mol. The lowest BCUT2D eigenvalue weighted by Crippen LogP contribution is -2.52. The lowest BCUT2D eigenvalue weighted by atomic mass is 10.1. The van der Waals surface area contributed by atoms with Crippen molar-refractivity contribution in [2.45, 2.75) is 27.7 Å². The van der Waals surface area contributed by atoms with Gasteiger partial charge in [-0.1, -0.05) is 26.0 Å². The van der Waals surface area contributed by atoms with Gasteiger partial charge in [0.05, 0.1) is 0 Å². The van der Waals surface area contributed by atoms with Gasteiger partial charge >= 0.3 is 6.03 Å². The molecule has 0 bridgehead atoms. The van der Waals surface area contributed by atoms with E-state index in [0.717, 1.165) is 32.7 Å². The summed E-state index contributed by atoms with van der Waals surface area (Å²) in [6, 6.07) is 6.51. The molecule has 2 amide bonds. The lowest BCUT2D eigenvalue weighted by molar-refractivity contribution is 0.193. The Balaban J connectivity index is 1.91. The topological polar surface area (TPSA) is 35.6 Å². The summed E-state index contributed by atoms with van der Waals surface area (Å²) in [7, 11) is 0. The number of carbonyl (C=O) groups is 1. The zero-order chi connectivity index (χ0) is 15.4. The fourth-order valence-electron chi connectivity index (χ4n) is 2.63. The van der Waals surface area contributed by atoms with Gasteiger partial charge < -0.3 is 15.1 Å². The van der Waals surface area contributed by atoms with Gasteiger partial charge in [-0.2, -0.15) is 0 Å². The number of nitrogens with one attached hydrogen (secondary N) is 1. The highest BCUT2D eigenvalue weighted by atomic mass is 16.2. The minimum atomic E-state index is 0.0734. The number of aryl methyl sites for hydroxylation is 1. The molecule has 1 aliphatic heterocycles. The molecule has 4 nitrogen and oxygen atoms in total. The molecule has 1 saturated heterocycles. The number of hydrogen-bond acceptors (Lipinski definition) is 2. The van der Waals surface area contributed by atoms with Crippen LogP contribution >= 0.6 is 0 Å². The molecule has 0 saturated carbocycles. The number of hydrogen-bond donors (Lipinski definition) is 1. The summed E-state index contributed by atoms with van der Waals surface area (Å²) in [6.07, 6.45) is 0. The number of rotatable bonds is 3. The molecular formula is C17H27N3O. The Bertz CT molecular complexity index is 491. The van der Waals surface area contributed by atoms with Gasteiger partial charge in [0.2, 0.25) is 0 Å². The van der Waals surface area contributed by atoms with E-state index >= 15 is 0 Å². The van der Waals surface area contributed by atoms with E-state index in [1.165, 1.54) is 16.8 Å². The van der Waals surface area contributed by atoms with Crippen LogP contribution in [-0.2, 0) is 0 Å². The molecule has 0 radical (unpaired) electrons. The molecule has 1 fully saturated rings. The van der Waals surface area contributed by atoms with Crippen LogP contribution in [0.2, 0.25) is 0 Å². The molecule has 4 heteroatoms. The second-order valence-corrected chi connectivity index (χ2v) is 6.27. The molecule has 116 valence electrons. The van der Waals surface area contributed by atoms with Crippen molar-refractivity contribution in [3.05, 3.63) is 29.3 Å². The average Bonchev–Trinajstić information content (AvgIpc) is 2.48. The molecule has 0 spiro atoms. The van der Waals surface area contributed by atoms with Crippen LogP contribution in [0.3, 0.4) is 0 Å². The van der Waals surface area contributed by atoms with Gasteiger partial charge in [0.15, 0.2) is 0 Å². The van der Waals surface area contributed by atoms with Crippen LogP contribution in [0, 0.1) is 19.8 Å². The fraction of sp³-hybridized carbons (Fsp3) is 0.588. The SMILES string of the molecule is Cc1cccc(N2CCN(C(=O)NCC(C)C)CC2)c1C. The van der Waals surface area contributed by atoms with E-state index in [4.69, 9.17) is 0 Å². The zero-order valence-electron chi connectivity index (χ0n) is 13.6. The first-order valence-corrected chi connectivity index (χ1v) is 7.83. The molecule has 1 aliphatic rings. The Labute approximate surface area is 128 Å². The zero-order valence-corrected chi connectivity index (χ0v) is 13.6. The van der Waals surface area contributed by atoms with Crippen molar-refractivity contribution in [2.24, 2.45) is 5.92 Å². The molecule has 2 rings (SSSR count). The van der Waals surface area contributed by atoms with Gasteiger partial charge in [0.25, 0.3) is 0 Å². The van der Waals surface area contributed by atoms with E-state index in [1.807, 2.05) is 4.90 Å². The number of benzene rings is 1. The molecule has 0 aromatic heterocycles. The number of carbonyl (C=O) groups excluding carboxylic acids is 1. The van der Waals surface area contributed by atoms with Crippen molar-refractivity contribution in [1.29, 1.82) is 0 Å².